The van der Waals surface area contributed by atoms with Crippen LogP contribution in [0.3, 0.4) is 0 Å². The van der Waals surface area contributed by atoms with Crippen LogP contribution in [-0.4, -0.2) is 28.7 Å². The number of hydrogen-bond acceptors (Lipinski definition) is 3. The van der Waals surface area contributed by atoms with E-state index in [0.29, 0.717) is 6.04 Å². The van der Waals surface area contributed by atoms with Crippen LogP contribution in [0.4, 0.5) is 5.82 Å². The van der Waals surface area contributed by atoms with Crippen LogP contribution in [0.2, 0.25) is 5.02 Å². The lowest BCUT2D eigenvalue weighted by Gasteiger charge is -2.15. The summed E-state index contributed by atoms with van der Waals surface area (Å²) in [4.78, 5) is 4.93. The van der Waals surface area contributed by atoms with E-state index in [1.165, 1.54) is 21.9 Å². The van der Waals surface area contributed by atoms with Crippen LogP contribution in [0, 0.1) is 0 Å². The summed E-state index contributed by atoms with van der Waals surface area (Å²) in [6.07, 6.45) is 3.27. The summed E-state index contributed by atoms with van der Waals surface area (Å²) in [5, 5.41) is 10.2. The molecule has 0 bridgehead atoms. The quantitative estimate of drug-likeness (QED) is 0.490. The molecule has 1 aliphatic rings. The Morgan fingerprint density at radius 3 is 2.82 bits per heavy atom. The predicted molar refractivity (Wildman–Crippen MR) is 120 cm³/mol. The lowest BCUT2D eigenvalue weighted by Crippen LogP contribution is -2.22. The molecule has 0 radical (unpaired) electrons. The summed E-state index contributed by atoms with van der Waals surface area (Å²) in [7, 11) is 0. The van der Waals surface area contributed by atoms with Gasteiger partial charge in [-0.25, -0.2) is 4.98 Å². The summed E-state index contributed by atoms with van der Waals surface area (Å²) in [6.45, 7) is 2.83. The van der Waals surface area contributed by atoms with Crippen molar-refractivity contribution in [3.8, 4) is 0 Å². The number of benzene rings is 2. The van der Waals surface area contributed by atoms with Crippen molar-refractivity contribution in [2.24, 2.45) is 0 Å². The molecular formula is C22H22Cl2N4. The fourth-order valence-electron chi connectivity index (χ4n) is 3.96. The molecule has 0 unspecified atom stereocenters. The topological polar surface area (TPSA) is 41.9 Å². The monoisotopic (exact) mass is 412 g/mol. The first-order chi connectivity index (χ1) is 13.3. The molecule has 0 saturated carbocycles. The number of anilines is 1. The van der Waals surface area contributed by atoms with E-state index in [2.05, 4.69) is 51.7 Å². The van der Waals surface area contributed by atoms with Crippen molar-refractivity contribution in [3.63, 3.8) is 0 Å². The zero-order valence-corrected chi connectivity index (χ0v) is 16.9. The smallest absolute Gasteiger partial charge is 0.136 e. The van der Waals surface area contributed by atoms with Crippen molar-refractivity contribution in [2.75, 3.05) is 18.4 Å². The molecule has 0 amide bonds. The largest absolute Gasteiger partial charge is 0.365 e. The molecule has 144 valence electrons. The van der Waals surface area contributed by atoms with E-state index < -0.39 is 0 Å². The van der Waals surface area contributed by atoms with Crippen molar-refractivity contribution in [1.29, 1.82) is 0 Å². The number of para-hydroxylation sites is 1. The first-order valence-electron chi connectivity index (χ1n) is 9.37. The van der Waals surface area contributed by atoms with Crippen LogP contribution in [0.15, 0.2) is 60.8 Å². The molecule has 1 atom stereocenters. The second kappa shape index (κ2) is 8.00. The van der Waals surface area contributed by atoms with Crippen LogP contribution >= 0.6 is 24.0 Å². The summed E-state index contributed by atoms with van der Waals surface area (Å²) < 4.78 is 2.29. The molecule has 2 aromatic heterocycles. The average molecular weight is 413 g/mol. The molecule has 6 heteroatoms. The van der Waals surface area contributed by atoms with Gasteiger partial charge >= 0.3 is 0 Å². The van der Waals surface area contributed by atoms with E-state index >= 15 is 0 Å². The Morgan fingerprint density at radius 1 is 1.11 bits per heavy atom. The Bertz CT molecular complexity index is 1120. The third-order valence-corrected chi connectivity index (χ3v) is 5.49. The summed E-state index contributed by atoms with van der Waals surface area (Å²) in [5.41, 5.74) is 3.42. The standard InChI is InChI=1S/C22H21ClN4.ClH/c23-16-5-3-4-15(12-16)14-27-11-9-19-21(27)18-6-1-2-7-20(18)26-22(19)25-17-8-10-24-13-17;/h1-7,9,11-12,17,24H,8,10,13-14H2,(H,25,26);1H/t17-;/m0./s1. The van der Waals surface area contributed by atoms with Crippen LogP contribution in [0.25, 0.3) is 21.8 Å². The van der Waals surface area contributed by atoms with E-state index in [1.807, 2.05) is 24.3 Å². The molecule has 5 rings (SSSR count). The van der Waals surface area contributed by atoms with Crippen molar-refractivity contribution in [2.45, 2.75) is 19.0 Å². The van der Waals surface area contributed by atoms with Gasteiger partial charge in [-0.3, -0.25) is 0 Å². The third kappa shape index (κ3) is 3.55. The molecule has 1 fully saturated rings. The van der Waals surface area contributed by atoms with Crippen LogP contribution in [0.1, 0.15) is 12.0 Å². The first kappa shape index (κ1) is 19.1. The van der Waals surface area contributed by atoms with Crippen molar-refractivity contribution in [3.05, 3.63) is 71.4 Å². The lowest BCUT2D eigenvalue weighted by atomic mass is 10.1. The highest BCUT2D eigenvalue weighted by Crippen LogP contribution is 2.31. The fraction of sp³-hybridized carbons (Fsp3) is 0.227. The number of fused-ring (bicyclic) bond motifs is 3. The van der Waals surface area contributed by atoms with Gasteiger partial charge in [0.05, 0.1) is 11.0 Å². The minimum Gasteiger partial charge on any atom is -0.365 e. The lowest BCUT2D eigenvalue weighted by molar-refractivity contribution is 0.790. The molecule has 0 spiro atoms. The normalized spacial score (nSPS) is 16.4. The molecule has 1 aliphatic heterocycles. The Labute approximate surface area is 175 Å². The number of hydrogen-bond donors (Lipinski definition) is 2. The fourth-order valence-corrected chi connectivity index (χ4v) is 4.17. The van der Waals surface area contributed by atoms with Crippen molar-refractivity contribution >= 4 is 51.6 Å². The molecule has 2 aromatic carbocycles. The van der Waals surface area contributed by atoms with Crippen molar-refractivity contribution < 1.29 is 0 Å². The first-order valence-corrected chi connectivity index (χ1v) is 9.75. The molecule has 4 nitrogen and oxygen atoms in total. The maximum Gasteiger partial charge on any atom is 0.136 e. The van der Waals surface area contributed by atoms with Gasteiger partial charge in [0.1, 0.15) is 5.82 Å². The summed E-state index contributed by atoms with van der Waals surface area (Å²) >= 11 is 6.18. The van der Waals surface area contributed by atoms with Gasteiger partial charge in [0.25, 0.3) is 0 Å². The molecular weight excluding hydrogens is 391 g/mol. The SMILES string of the molecule is Cl.Clc1cccc(Cn2ccc3c(N[C@H]4CCNC4)nc4ccccc4c32)c1. The van der Waals surface area contributed by atoms with Gasteiger partial charge in [0.2, 0.25) is 0 Å². The maximum atomic E-state index is 6.18. The minimum absolute atomic E-state index is 0. The van der Waals surface area contributed by atoms with Crippen LogP contribution in [-0.2, 0) is 6.54 Å². The van der Waals surface area contributed by atoms with E-state index in [0.717, 1.165) is 42.4 Å². The minimum atomic E-state index is 0. The number of nitrogens with one attached hydrogen (secondary N) is 2. The van der Waals surface area contributed by atoms with E-state index in [-0.39, 0.29) is 12.4 Å². The van der Waals surface area contributed by atoms with Crippen molar-refractivity contribution in [1.82, 2.24) is 14.9 Å². The van der Waals surface area contributed by atoms with E-state index in [9.17, 15) is 0 Å². The highest BCUT2D eigenvalue weighted by molar-refractivity contribution is 6.30. The molecule has 28 heavy (non-hydrogen) atoms. The van der Waals surface area contributed by atoms with Gasteiger partial charge in [0.15, 0.2) is 0 Å². The van der Waals surface area contributed by atoms with Crippen LogP contribution < -0.4 is 10.6 Å². The second-order valence-corrected chi connectivity index (χ2v) is 7.58. The molecule has 1 saturated heterocycles. The van der Waals surface area contributed by atoms with E-state index in [1.54, 1.807) is 0 Å². The maximum absolute atomic E-state index is 6.18. The molecule has 0 aliphatic carbocycles. The second-order valence-electron chi connectivity index (χ2n) is 7.15. The zero-order valence-electron chi connectivity index (χ0n) is 15.4. The zero-order chi connectivity index (χ0) is 18.2. The van der Waals surface area contributed by atoms with Gasteiger partial charge in [0, 0.05) is 41.1 Å². The Balaban J connectivity index is 0.00000192. The highest BCUT2D eigenvalue weighted by Gasteiger charge is 2.18. The number of aromatic nitrogens is 2. The average Bonchev–Trinajstić information content (AvgIpc) is 3.32. The van der Waals surface area contributed by atoms with Crippen LogP contribution in [0.5, 0.6) is 0 Å². The van der Waals surface area contributed by atoms with E-state index in [4.69, 9.17) is 16.6 Å². The highest BCUT2D eigenvalue weighted by atomic mass is 35.5. The number of halogens is 2. The number of pyridine rings is 1. The van der Waals surface area contributed by atoms with Gasteiger partial charge in [-0.15, -0.1) is 12.4 Å². The van der Waals surface area contributed by atoms with Gasteiger partial charge < -0.3 is 15.2 Å². The third-order valence-electron chi connectivity index (χ3n) is 5.25. The van der Waals surface area contributed by atoms with Gasteiger partial charge in [-0.2, -0.15) is 0 Å². The number of rotatable bonds is 4. The number of nitrogens with zero attached hydrogens (tertiary/aromatic N) is 2. The summed E-state index contributed by atoms with van der Waals surface area (Å²) in [5.74, 6) is 0.974. The Hall–Kier alpha value is -2.27. The predicted octanol–water partition coefficient (Wildman–Crippen LogP) is 5.09. The molecule has 3 heterocycles. The summed E-state index contributed by atoms with van der Waals surface area (Å²) in [6, 6.07) is 19.0. The van der Waals surface area contributed by atoms with Gasteiger partial charge in [-0.05, 0) is 42.8 Å². The van der Waals surface area contributed by atoms with Gasteiger partial charge in [-0.1, -0.05) is 41.9 Å². The Kier molecular flexibility index (Phi) is 5.44. The molecule has 4 aromatic rings. The Morgan fingerprint density at radius 2 is 2.00 bits per heavy atom. The molecule has 2 N–H and O–H groups in total.